The maximum absolute atomic E-state index is 12.7. The maximum Gasteiger partial charge on any atom is 0.416 e. The van der Waals surface area contributed by atoms with Crippen LogP contribution in [0.5, 0.6) is 0 Å². The highest BCUT2D eigenvalue weighted by molar-refractivity contribution is 7.89. The summed E-state index contributed by atoms with van der Waals surface area (Å²) < 4.78 is 63.9. The van der Waals surface area contributed by atoms with E-state index < -0.39 is 38.3 Å². The summed E-state index contributed by atoms with van der Waals surface area (Å²) in [5.41, 5.74) is -1.87. The fourth-order valence-electron chi connectivity index (χ4n) is 2.40. The van der Waals surface area contributed by atoms with Crippen molar-refractivity contribution < 1.29 is 31.3 Å². The van der Waals surface area contributed by atoms with Crippen molar-refractivity contribution in [3.05, 3.63) is 58.1 Å². The summed E-state index contributed by atoms with van der Waals surface area (Å²) in [5.74, 6) is -0.531. The summed E-state index contributed by atoms with van der Waals surface area (Å²) in [6.07, 6.45) is -4.90. The van der Waals surface area contributed by atoms with E-state index in [2.05, 4.69) is 15.4 Å². The molecule has 0 atom stereocenters. The highest BCUT2D eigenvalue weighted by Gasteiger charge is 2.33. The number of nitro groups is 1. The number of alkyl halides is 3. The molecule has 0 heterocycles. The first-order valence-electron chi connectivity index (χ1n) is 8.37. The van der Waals surface area contributed by atoms with Crippen LogP contribution in [0.15, 0.2) is 47.4 Å². The predicted molar refractivity (Wildman–Crippen MR) is 103 cm³/mol. The van der Waals surface area contributed by atoms with Crippen LogP contribution in [-0.2, 0) is 21.0 Å². The van der Waals surface area contributed by atoms with E-state index in [1.807, 2.05) is 0 Å². The smallest absolute Gasteiger partial charge is 0.379 e. The second kappa shape index (κ2) is 9.09. The van der Waals surface area contributed by atoms with Gasteiger partial charge in [-0.1, -0.05) is 6.07 Å². The van der Waals surface area contributed by atoms with Crippen molar-refractivity contribution in [1.82, 2.24) is 4.72 Å². The SMILES string of the molecule is CNS(=O)(=O)c1cccc(NC(=O)CCNc2ccc(C(F)(F)F)cc2[N+](=O)[O-])c1. The number of hydrogen-bond acceptors (Lipinski definition) is 6. The first kappa shape index (κ1) is 23.1. The molecular weight excluding hydrogens is 429 g/mol. The molecule has 30 heavy (non-hydrogen) atoms. The average Bonchev–Trinajstić information content (AvgIpc) is 2.67. The van der Waals surface area contributed by atoms with E-state index in [4.69, 9.17) is 0 Å². The fraction of sp³-hybridized carbons (Fsp3) is 0.235. The predicted octanol–water partition coefficient (Wildman–Crippen LogP) is 2.96. The highest BCUT2D eigenvalue weighted by atomic mass is 32.2. The molecule has 162 valence electrons. The largest absolute Gasteiger partial charge is 0.416 e. The molecule has 0 unspecified atom stereocenters. The minimum absolute atomic E-state index is 0.0543. The van der Waals surface area contributed by atoms with Gasteiger partial charge in [-0.3, -0.25) is 14.9 Å². The third-order valence-corrected chi connectivity index (χ3v) is 5.30. The topological polar surface area (TPSA) is 130 Å². The number of sulfonamides is 1. The summed E-state index contributed by atoms with van der Waals surface area (Å²) in [4.78, 5) is 22.1. The normalized spacial score (nSPS) is 11.7. The molecule has 0 aliphatic heterocycles. The first-order valence-corrected chi connectivity index (χ1v) is 9.85. The maximum atomic E-state index is 12.7. The van der Waals surface area contributed by atoms with Crippen LogP contribution in [0.2, 0.25) is 0 Å². The molecule has 3 N–H and O–H groups in total. The number of carbonyl (C=O) groups is 1. The van der Waals surface area contributed by atoms with E-state index >= 15 is 0 Å². The highest BCUT2D eigenvalue weighted by Crippen LogP contribution is 2.34. The van der Waals surface area contributed by atoms with Crippen LogP contribution >= 0.6 is 0 Å². The van der Waals surface area contributed by atoms with Crippen molar-refractivity contribution in [1.29, 1.82) is 0 Å². The van der Waals surface area contributed by atoms with Crippen molar-refractivity contribution >= 4 is 33.0 Å². The number of carbonyl (C=O) groups excluding carboxylic acids is 1. The Kier molecular flexibility index (Phi) is 7.00. The van der Waals surface area contributed by atoms with Crippen LogP contribution in [0.1, 0.15) is 12.0 Å². The summed E-state index contributed by atoms with van der Waals surface area (Å²) in [7, 11) is -2.45. The van der Waals surface area contributed by atoms with E-state index in [-0.39, 0.29) is 29.2 Å². The standard InChI is InChI=1S/C17H17F3N4O5S/c1-21-30(28,29)13-4-2-3-12(10-13)23-16(25)7-8-22-14-6-5-11(17(18,19)20)9-15(14)24(26)27/h2-6,9-10,21-22H,7-8H2,1H3,(H,23,25). The molecule has 2 aromatic rings. The number of benzene rings is 2. The Morgan fingerprint density at radius 2 is 1.87 bits per heavy atom. The minimum atomic E-state index is -4.72. The van der Waals surface area contributed by atoms with Crippen molar-refractivity contribution in [3.8, 4) is 0 Å². The molecule has 0 saturated heterocycles. The van der Waals surface area contributed by atoms with Gasteiger partial charge in [0.25, 0.3) is 5.69 Å². The molecule has 0 aliphatic rings. The van der Waals surface area contributed by atoms with Gasteiger partial charge in [0, 0.05) is 24.7 Å². The molecule has 0 aliphatic carbocycles. The molecule has 0 saturated carbocycles. The lowest BCUT2D eigenvalue weighted by Crippen LogP contribution is -2.19. The van der Waals surface area contributed by atoms with Gasteiger partial charge in [-0.25, -0.2) is 13.1 Å². The van der Waals surface area contributed by atoms with Crippen LogP contribution in [0.3, 0.4) is 0 Å². The molecular formula is C17H17F3N4O5S. The van der Waals surface area contributed by atoms with E-state index in [0.717, 1.165) is 6.07 Å². The molecule has 1 amide bonds. The second-order valence-electron chi connectivity index (χ2n) is 5.95. The number of halogens is 3. The van der Waals surface area contributed by atoms with E-state index in [1.165, 1.54) is 31.3 Å². The lowest BCUT2D eigenvalue weighted by Gasteiger charge is -2.11. The summed E-state index contributed by atoms with van der Waals surface area (Å²) in [6.45, 7) is -0.105. The average molecular weight is 446 g/mol. The van der Waals surface area contributed by atoms with Crippen molar-refractivity contribution in [2.45, 2.75) is 17.5 Å². The third-order valence-electron chi connectivity index (χ3n) is 3.89. The van der Waals surface area contributed by atoms with Crippen LogP contribution in [0.25, 0.3) is 0 Å². The monoisotopic (exact) mass is 446 g/mol. The van der Waals surface area contributed by atoms with E-state index in [9.17, 15) is 36.5 Å². The third kappa shape index (κ3) is 5.90. The summed E-state index contributed by atoms with van der Waals surface area (Å²) in [6, 6.07) is 7.53. The molecule has 0 spiro atoms. The molecule has 0 radical (unpaired) electrons. The second-order valence-corrected chi connectivity index (χ2v) is 7.83. The molecule has 0 bridgehead atoms. The van der Waals surface area contributed by atoms with Crippen molar-refractivity contribution in [2.24, 2.45) is 0 Å². The zero-order valence-electron chi connectivity index (χ0n) is 15.5. The van der Waals surface area contributed by atoms with Crippen LogP contribution in [-0.4, -0.2) is 32.8 Å². The van der Waals surface area contributed by atoms with Crippen molar-refractivity contribution in [3.63, 3.8) is 0 Å². The Balaban J connectivity index is 2.02. The molecule has 2 aromatic carbocycles. The van der Waals surface area contributed by atoms with Crippen molar-refractivity contribution in [2.75, 3.05) is 24.2 Å². The number of nitrogens with zero attached hydrogens (tertiary/aromatic N) is 1. The van der Waals surface area contributed by atoms with Gasteiger partial charge in [-0.2, -0.15) is 13.2 Å². The first-order chi connectivity index (χ1) is 13.9. The number of amides is 1. The van der Waals surface area contributed by atoms with Gasteiger partial charge in [0.15, 0.2) is 0 Å². The minimum Gasteiger partial charge on any atom is -0.379 e. The number of anilines is 2. The van der Waals surface area contributed by atoms with Crippen LogP contribution in [0.4, 0.5) is 30.2 Å². The summed E-state index contributed by atoms with van der Waals surface area (Å²) >= 11 is 0. The zero-order valence-corrected chi connectivity index (χ0v) is 16.3. The van der Waals surface area contributed by atoms with E-state index in [1.54, 1.807) is 0 Å². The Hall–Kier alpha value is -3.19. The lowest BCUT2D eigenvalue weighted by molar-refractivity contribution is -0.384. The quantitative estimate of drug-likeness (QED) is 0.422. The Morgan fingerprint density at radius 3 is 2.47 bits per heavy atom. The van der Waals surface area contributed by atoms with Gasteiger partial charge in [-0.15, -0.1) is 0 Å². The van der Waals surface area contributed by atoms with Crippen LogP contribution < -0.4 is 15.4 Å². The molecule has 13 heteroatoms. The molecule has 9 nitrogen and oxygen atoms in total. The Bertz CT molecular complexity index is 1060. The number of hydrogen-bond donors (Lipinski definition) is 3. The number of rotatable bonds is 8. The van der Waals surface area contributed by atoms with Gasteiger partial charge in [0.1, 0.15) is 5.69 Å². The Labute approximate surface area is 169 Å². The zero-order chi connectivity index (χ0) is 22.5. The van der Waals surface area contributed by atoms with Gasteiger partial charge in [0.2, 0.25) is 15.9 Å². The number of nitro benzene ring substituents is 1. The van der Waals surface area contributed by atoms with Gasteiger partial charge in [0.05, 0.1) is 15.4 Å². The fourth-order valence-corrected chi connectivity index (χ4v) is 3.18. The van der Waals surface area contributed by atoms with Gasteiger partial charge < -0.3 is 10.6 Å². The van der Waals surface area contributed by atoms with Gasteiger partial charge in [-0.05, 0) is 37.4 Å². The summed E-state index contributed by atoms with van der Waals surface area (Å²) in [5, 5.41) is 16.1. The Morgan fingerprint density at radius 1 is 1.17 bits per heavy atom. The van der Waals surface area contributed by atoms with Gasteiger partial charge >= 0.3 is 6.18 Å². The van der Waals surface area contributed by atoms with Crippen LogP contribution in [0, 0.1) is 10.1 Å². The number of nitrogens with one attached hydrogen (secondary N) is 3. The molecule has 2 rings (SSSR count). The molecule has 0 aromatic heterocycles. The lowest BCUT2D eigenvalue weighted by atomic mass is 10.1. The molecule has 0 fully saturated rings. The van der Waals surface area contributed by atoms with E-state index in [0.29, 0.717) is 12.1 Å².